The van der Waals surface area contributed by atoms with Crippen LogP contribution in [-0.2, 0) is 33.4 Å². The Bertz CT molecular complexity index is 2180. The van der Waals surface area contributed by atoms with Gasteiger partial charge in [0.2, 0.25) is 11.8 Å². The van der Waals surface area contributed by atoms with E-state index in [1.807, 2.05) is 19.2 Å². The molecule has 0 N–H and O–H groups in total. The van der Waals surface area contributed by atoms with Crippen LogP contribution in [0.25, 0.3) is 11.0 Å². The molecule has 2 aromatic heterocycles. The Hall–Kier alpha value is -5.06. The van der Waals surface area contributed by atoms with Crippen molar-refractivity contribution < 1.29 is 38.2 Å². The Kier molecular flexibility index (Phi) is 42.7. The highest BCUT2D eigenvalue weighted by atomic mass is 16.6. The predicted molar refractivity (Wildman–Crippen MR) is 351 cm³/mol. The van der Waals surface area contributed by atoms with E-state index < -0.39 is 6.10 Å². The van der Waals surface area contributed by atoms with Crippen molar-refractivity contribution in [2.75, 3.05) is 38.3 Å². The van der Waals surface area contributed by atoms with Gasteiger partial charge in [-0.1, -0.05) is 219 Å². The summed E-state index contributed by atoms with van der Waals surface area (Å²) in [6.45, 7) is 11.8. The van der Waals surface area contributed by atoms with Gasteiger partial charge in [0.15, 0.2) is 11.8 Å². The van der Waals surface area contributed by atoms with Crippen molar-refractivity contribution in [1.82, 2.24) is 19.4 Å². The molecular weight excluding hydrogens is 1080 g/mol. The number of carbonyl (C=O) groups excluding carboxylic acids is 5. The Morgan fingerprint density at radius 3 is 1.56 bits per heavy atom. The number of nitrogens with zero attached hydrogens (tertiary/aromatic N) is 6. The van der Waals surface area contributed by atoms with Crippen molar-refractivity contribution in [1.29, 1.82) is 5.26 Å². The summed E-state index contributed by atoms with van der Waals surface area (Å²) in [4.78, 5) is 78.0. The van der Waals surface area contributed by atoms with Crippen molar-refractivity contribution in [2.45, 2.75) is 310 Å². The molecule has 0 aliphatic carbocycles. The molecule has 1 fully saturated rings. The lowest BCUT2D eigenvalue weighted by Gasteiger charge is -2.42. The number of hydrogen-bond acceptors (Lipinski definition) is 12. The molecule has 0 bridgehead atoms. The second-order valence-corrected chi connectivity index (χ2v) is 25.5. The van der Waals surface area contributed by atoms with Gasteiger partial charge in [-0.15, -0.1) is 0 Å². The van der Waals surface area contributed by atoms with Gasteiger partial charge in [0.05, 0.1) is 17.5 Å². The number of ether oxygens (including phenoxy) is 3. The van der Waals surface area contributed by atoms with E-state index in [4.69, 9.17) is 19.5 Å². The van der Waals surface area contributed by atoms with E-state index in [2.05, 4.69) is 73.8 Å². The van der Waals surface area contributed by atoms with Crippen LogP contribution in [0.2, 0.25) is 0 Å². The van der Waals surface area contributed by atoms with Crippen LogP contribution in [0, 0.1) is 29.1 Å². The number of likely N-dealkylation sites (tertiary alicyclic amines) is 1. The summed E-state index contributed by atoms with van der Waals surface area (Å²) >= 11 is 0. The molecule has 1 aliphatic rings. The molecule has 1 aliphatic heterocycles. The van der Waals surface area contributed by atoms with Crippen LogP contribution in [0.5, 0.6) is 0 Å². The molecule has 4 atom stereocenters. The van der Waals surface area contributed by atoms with Crippen LogP contribution in [0.15, 0.2) is 42.9 Å². The van der Waals surface area contributed by atoms with Gasteiger partial charge in [-0.25, -0.2) is 9.97 Å². The van der Waals surface area contributed by atoms with Crippen LogP contribution >= 0.6 is 0 Å². The standard InChI is InChI=1S/C72H120N6O8/c1-7-9-11-13-15-17-19-21-23-25-27-29-34-38-42-46-68(81)84-57-63(58-85-69(82)47-43-39-35-30-28-26-24-22-20-18-16-14-12-10-8-2)86-70(83)55-61(4)45-41-37-33-31-32-36-40-44-60(3)54-67(80)78-53-50-64-71(74-59-75-72(64)78)76(6)65-56-77(52-49-62(65)5)66(79)48-51-73/h21-24,50,53,59-63,65H,7-20,25-49,52,54-58H2,1-6H3/b23-21-,24-22-/t60?,61?,62-,65+/m1/s1. The SMILES string of the molecule is CCCCCCCC/C=C\CCCCCCCC(=O)OCC(COC(=O)CCCCCCC/C=C\CCCCCCCC)OC(=O)CC(C)CCCCCCCCCC(C)CC(=O)n1ccc2c(N(C)[C@H]3CN(C(=O)CC#N)CC[C@H]3C)ncnc21. The monoisotopic (exact) mass is 1200 g/mol. The van der Waals surface area contributed by atoms with E-state index >= 15 is 0 Å². The quantitative estimate of drug-likeness (QED) is 0.0266. The molecule has 1 amide bonds. The van der Waals surface area contributed by atoms with E-state index in [-0.39, 0.29) is 73.7 Å². The lowest BCUT2D eigenvalue weighted by atomic mass is 9.92. The van der Waals surface area contributed by atoms with Gasteiger partial charge in [0, 0.05) is 52.0 Å². The summed E-state index contributed by atoms with van der Waals surface area (Å²) in [5.41, 5.74) is 0.589. The molecule has 3 rings (SSSR count). The molecule has 1 saturated heterocycles. The fourth-order valence-electron chi connectivity index (χ4n) is 11.8. The summed E-state index contributed by atoms with van der Waals surface area (Å²) in [6, 6.07) is 3.91. The normalized spacial score (nSPS) is 15.2. The van der Waals surface area contributed by atoms with E-state index in [1.54, 1.807) is 15.7 Å². The zero-order valence-corrected chi connectivity index (χ0v) is 55.2. The van der Waals surface area contributed by atoms with Gasteiger partial charge < -0.3 is 24.0 Å². The smallest absolute Gasteiger partial charge is 0.306 e. The number of aromatic nitrogens is 3. The van der Waals surface area contributed by atoms with Crippen LogP contribution in [0.1, 0.15) is 303 Å². The van der Waals surface area contributed by atoms with E-state index in [1.165, 1.54) is 109 Å². The van der Waals surface area contributed by atoms with Gasteiger partial charge in [-0.3, -0.25) is 28.5 Å². The zero-order valence-electron chi connectivity index (χ0n) is 55.2. The second kappa shape index (κ2) is 48.9. The lowest BCUT2D eigenvalue weighted by Crippen LogP contribution is -2.52. The first-order valence-electron chi connectivity index (χ1n) is 34.9. The Morgan fingerprint density at radius 2 is 1.07 bits per heavy atom. The number of rotatable bonds is 52. The third kappa shape index (κ3) is 34.5. The molecule has 0 saturated carbocycles. The molecule has 2 aromatic rings. The molecular formula is C72H120N6O8. The molecule has 2 unspecified atom stereocenters. The molecule has 3 heterocycles. The fraction of sp³-hybridized carbons (Fsp3) is 0.778. The van der Waals surface area contributed by atoms with Crippen LogP contribution in [0.3, 0.4) is 0 Å². The minimum atomic E-state index is -0.841. The third-order valence-corrected chi connectivity index (χ3v) is 17.4. The molecule has 86 heavy (non-hydrogen) atoms. The molecule has 14 nitrogen and oxygen atoms in total. The van der Waals surface area contributed by atoms with Gasteiger partial charge in [-0.2, -0.15) is 5.26 Å². The van der Waals surface area contributed by atoms with Crippen LogP contribution < -0.4 is 4.90 Å². The number of unbranched alkanes of at least 4 members (excludes halogenated alkanes) is 28. The van der Waals surface area contributed by atoms with Crippen LogP contribution in [-0.4, -0.2) is 94.7 Å². The summed E-state index contributed by atoms with van der Waals surface area (Å²) in [7, 11) is 1.98. The van der Waals surface area contributed by atoms with Crippen molar-refractivity contribution in [3.63, 3.8) is 0 Å². The Morgan fingerprint density at radius 1 is 0.616 bits per heavy atom. The number of nitriles is 1. The topological polar surface area (TPSA) is 174 Å². The van der Waals surface area contributed by atoms with Crippen molar-refractivity contribution >= 4 is 46.6 Å². The average Bonchev–Trinajstić information content (AvgIpc) is 2.13. The Labute approximate surface area is 522 Å². The highest BCUT2D eigenvalue weighted by Crippen LogP contribution is 2.31. The largest absolute Gasteiger partial charge is 0.462 e. The first kappa shape index (κ1) is 75.2. The summed E-state index contributed by atoms with van der Waals surface area (Å²) in [5.74, 6) is 0.284. The molecule has 14 heteroatoms. The number of hydrogen-bond donors (Lipinski definition) is 0. The third-order valence-electron chi connectivity index (χ3n) is 17.4. The average molecular weight is 1200 g/mol. The van der Waals surface area contributed by atoms with E-state index in [9.17, 15) is 24.0 Å². The molecule has 0 radical (unpaired) electrons. The van der Waals surface area contributed by atoms with E-state index in [0.29, 0.717) is 43.9 Å². The fourth-order valence-corrected chi connectivity index (χ4v) is 11.8. The molecule has 0 aromatic carbocycles. The van der Waals surface area contributed by atoms with Gasteiger partial charge in [-0.05, 0) is 94.4 Å². The minimum Gasteiger partial charge on any atom is -0.462 e. The predicted octanol–water partition coefficient (Wildman–Crippen LogP) is 18.3. The van der Waals surface area contributed by atoms with Crippen molar-refractivity contribution in [3.8, 4) is 6.07 Å². The Balaban J connectivity index is 1.32. The number of amides is 1. The summed E-state index contributed by atoms with van der Waals surface area (Å²) in [6.07, 6.45) is 54.3. The number of piperidine rings is 1. The second-order valence-electron chi connectivity index (χ2n) is 25.5. The number of carbonyl (C=O) groups is 5. The van der Waals surface area contributed by atoms with Gasteiger partial charge >= 0.3 is 17.9 Å². The first-order valence-corrected chi connectivity index (χ1v) is 34.9. The minimum absolute atomic E-state index is 0.0153. The maximum atomic E-state index is 13.6. The van der Waals surface area contributed by atoms with Crippen molar-refractivity contribution in [3.05, 3.63) is 42.9 Å². The maximum Gasteiger partial charge on any atom is 0.306 e. The number of likely N-dealkylation sites (N-methyl/N-ethyl adjacent to an activating group) is 1. The summed E-state index contributed by atoms with van der Waals surface area (Å²) < 4.78 is 18.7. The molecule has 0 spiro atoms. The number of esters is 3. The number of fused-ring (bicyclic) bond motifs is 1. The van der Waals surface area contributed by atoms with Crippen molar-refractivity contribution in [2.24, 2.45) is 17.8 Å². The van der Waals surface area contributed by atoms with Gasteiger partial charge in [0.25, 0.3) is 0 Å². The summed E-state index contributed by atoms with van der Waals surface area (Å²) in [5, 5.41) is 9.88. The first-order chi connectivity index (χ1) is 41.9. The highest BCUT2D eigenvalue weighted by molar-refractivity contribution is 5.95. The van der Waals surface area contributed by atoms with E-state index in [0.717, 1.165) is 140 Å². The maximum absolute atomic E-state index is 13.6. The molecule has 486 valence electrons. The van der Waals surface area contributed by atoms with Gasteiger partial charge in [0.1, 0.15) is 31.8 Å². The number of allylic oxidation sites excluding steroid dienone is 4. The number of anilines is 1. The highest BCUT2D eigenvalue weighted by Gasteiger charge is 2.33. The lowest BCUT2D eigenvalue weighted by molar-refractivity contribution is -0.167. The van der Waals surface area contributed by atoms with Crippen LogP contribution in [0.4, 0.5) is 5.82 Å². The zero-order chi connectivity index (χ0) is 62.2.